The van der Waals surface area contributed by atoms with Crippen LogP contribution in [0.25, 0.3) is 0 Å². The van der Waals surface area contributed by atoms with Gasteiger partial charge in [0.15, 0.2) is 0 Å². The summed E-state index contributed by atoms with van der Waals surface area (Å²) in [7, 11) is -2.42. The summed E-state index contributed by atoms with van der Waals surface area (Å²) in [4.78, 5) is 17.7. The van der Waals surface area contributed by atoms with Crippen LogP contribution >= 0.6 is 0 Å². The first kappa shape index (κ1) is 25.7. The average molecular weight is 500 g/mol. The Labute approximate surface area is 209 Å². The number of benzene rings is 2. The first-order valence-electron chi connectivity index (χ1n) is 12.6. The number of piperazine rings is 1. The molecule has 0 spiro atoms. The normalized spacial score (nSPS) is 18.1. The van der Waals surface area contributed by atoms with Crippen molar-refractivity contribution in [1.82, 2.24) is 14.1 Å². The highest BCUT2D eigenvalue weighted by Crippen LogP contribution is 2.32. The van der Waals surface area contributed by atoms with E-state index in [0.29, 0.717) is 18.8 Å². The summed E-state index contributed by atoms with van der Waals surface area (Å²) in [6.45, 7) is 5.38. The third kappa shape index (κ3) is 6.23. The van der Waals surface area contributed by atoms with E-state index in [1.807, 2.05) is 36.1 Å². The van der Waals surface area contributed by atoms with E-state index in [-0.39, 0.29) is 23.4 Å². The SMILES string of the molecule is COc1ccc(C)cc1S(=O)(=O)N(CC(=O)N1CCN(Cc2ccccc2)CC1)C1CCCCC1. The van der Waals surface area contributed by atoms with Crippen molar-refractivity contribution in [1.29, 1.82) is 0 Å². The Hall–Kier alpha value is -2.42. The van der Waals surface area contributed by atoms with Crippen molar-refractivity contribution in [3.05, 3.63) is 59.7 Å². The molecule has 1 saturated carbocycles. The highest BCUT2D eigenvalue weighted by Gasteiger charge is 2.37. The monoisotopic (exact) mass is 499 g/mol. The van der Waals surface area contributed by atoms with Gasteiger partial charge in [0.2, 0.25) is 15.9 Å². The number of sulfonamides is 1. The van der Waals surface area contributed by atoms with Crippen LogP contribution < -0.4 is 4.74 Å². The largest absolute Gasteiger partial charge is 0.495 e. The molecule has 1 saturated heterocycles. The van der Waals surface area contributed by atoms with Gasteiger partial charge in [-0.15, -0.1) is 0 Å². The van der Waals surface area contributed by atoms with E-state index >= 15 is 0 Å². The van der Waals surface area contributed by atoms with E-state index in [9.17, 15) is 13.2 Å². The summed E-state index contributed by atoms with van der Waals surface area (Å²) in [5, 5.41) is 0. The van der Waals surface area contributed by atoms with E-state index in [2.05, 4.69) is 17.0 Å². The fourth-order valence-electron chi connectivity index (χ4n) is 5.12. The van der Waals surface area contributed by atoms with Crippen LogP contribution in [0.4, 0.5) is 0 Å². The summed E-state index contributed by atoms with van der Waals surface area (Å²) in [6.07, 6.45) is 4.63. The molecule has 4 rings (SSSR count). The molecule has 2 aromatic carbocycles. The van der Waals surface area contributed by atoms with Crippen LogP contribution in [0, 0.1) is 6.92 Å². The van der Waals surface area contributed by atoms with Gasteiger partial charge in [-0.3, -0.25) is 9.69 Å². The second-order valence-corrected chi connectivity index (χ2v) is 11.5. The van der Waals surface area contributed by atoms with E-state index in [4.69, 9.17) is 4.74 Å². The van der Waals surface area contributed by atoms with Gasteiger partial charge >= 0.3 is 0 Å². The third-order valence-electron chi connectivity index (χ3n) is 7.15. The maximum Gasteiger partial charge on any atom is 0.247 e. The molecule has 1 aliphatic heterocycles. The van der Waals surface area contributed by atoms with Crippen molar-refractivity contribution in [2.75, 3.05) is 39.8 Å². The molecular weight excluding hydrogens is 462 g/mol. The molecule has 0 aromatic heterocycles. The minimum Gasteiger partial charge on any atom is -0.495 e. The zero-order valence-corrected chi connectivity index (χ0v) is 21.7. The van der Waals surface area contributed by atoms with Crippen molar-refractivity contribution >= 4 is 15.9 Å². The number of carbonyl (C=O) groups is 1. The molecule has 190 valence electrons. The number of ether oxygens (including phenoxy) is 1. The average Bonchev–Trinajstić information content (AvgIpc) is 2.88. The van der Waals surface area contributed by atoms with Gasteiger partial charge in [0.1, 0.15) is 10.6 Å². The number of carbonyl (C=O) groups excluding carboxylic acids is 1. The first-order chi connectivity index (χ1) is 16.9. The second-order valence-electron chi connectivity index (χ2n) is 9.64. The van der Waals surface area contributed by atoms with E-state index < -0.39 is 10.0 Å². The summed E-state index contributed by atoms with van der Waals surface area (Å²) in [6, 6.07) is 15.3. The quantitative estimate of drug-likeness (QED) is 0.554. The van der Waals surface area contributed by atoms with Crippen molar-refractivity contribution in [3.8, 4) is 5.75 Å². The van der Waals surface area contributed by atoms with Crippen LogP contribution in [0.15, 0.2) is 53.4 Å². The lowest BCUT2D eigenvalue weighted by atomic mass is 9.95. The van der Waals surface area contributed by atoms with E-state index in [0.717, 1.165) is 57.3 Å². The van der Waals surface area contributed by atoms with Crippen LogP contribution in [-0.2, 0) is 21.4 Å². The summed E-state index contributed by atoms with van der Waals surface area (Å²) in [5.74, 6) is 0.198. The number of hydrogen-bond donors (Lipinski definition) is 0. The molecule has 0 atom stereocenters. The van der Waals surface area contributed by atoms with Crippen LogP contribution in [0.3, 0.4) is 0 Å². The van der Waals surface area contributed by atoms with Gasteiger partial charge in [-0.25, -0.2) is 8.42 Å². The Balaban J connectivity index is 1.48. The molecule has 1 aliphatic carbocycles. The molecular formula is C27H37N3O4S. The number of rotatable bonds is 8. The highest BCUT2D eigenvalue weighted by molar-refractivity contribution is 7.89. The lowest BCUT2D eigenvalue weighted by Crippen LogP contribution is -2.53. The van der Waals surface area contributed by atoms with Crippen molar-refractivity contribution in [2.24, 2.45) is 0 Å². The fraction of sp³-hybridized carbons (Fsp3) is 0.519. The standard InChI is InChI=1S/C27H37N3O4S/c1-22-13-14-25(34-2)26(19-22)35(32,33)30(24-11-7-4-8-12-24)21-27(31)29-17-15-28(16-18-29)20-23-9-5-3-6-10-23/h3,5-6,9-10,13-14,19,24H,4,7-8,11-12,15-18,20-21H2,1-2H3. The second kappa shape index (κ2) is 11.5. The van der Waals surface area contributed by atoms with Crippen LogP contribution in [0.2, 0.25) is 0 Å². The number of aryl methyl sites for hydroxylation is 1. The smallest absolute Gasteiger partial charge is 0.247 e. The van der Waals surface area contributed by atoms with Gasteiger partial charge in [0, 0.05) is 38.8 Å². The van der Waals surface area contributed by atoms with E-state index in [1.165, 1.54) is 17.0 Å². The molecule has 2 aliphatic rings. The molecule has 0 N–H and O–H groups in total. The molecule has 0 unspecified atom stereocenters. The van der Waals surface area contributed by atoms with Crippen LogP contribution in [0.5, 0.6) is 5.75 Å². The minimum atomic E-state index is -3.90. The lowest BCUT2D eigenvalue weighted by Gasteiger charge is -2.38. The topological polar surface area (TPSA) is 70.2 Å². The molecule has 2 aromatic rings. The lowest BCUT2D eigenvalue weighted by molar-refractivity contribution is -0.133. The molecule has 8 heteroatoms. The first-order valence-corrected chi connectivity index (χ1v) is 14.0. The fourth-order valence-corrected chi connectivity index (χ4v) is 7.00. The number of amides is 1. The Morgan fingerprint density at radius 3 is 2.34 bits per heavy atom. The van der Waals surface area contributed by atoms with Gasteiger partial charge < -0.3 is 9.64 Å². The molecule has 2 fully saturated rings. The van der Waals surface area contributed by atoms with Gasteiger partial charge in [-0.2, -0.15) is 4.31 Å². The molecule has 1 amide bonds. The predicted molar refractivity (Wildman–Crippen MR) is 137 cm³/mol. The molecule has 7 nitrogen and oxygen atoms in total. The van der Waals surface area contributed by atoms with E-state index in [1.54, 1.807) is 12.1 Å². The van der Waals surface area contributed by atoms with Gasteiger partial charge in [-0.1, -0.05) is 55.7 Å². The zero-order valence-electron chi connectivity index (χ0n) is 20.9. The van der Waals surface area contributed by atoms with Crippen LogP contribution in [-0.4, -0.2) is 74.3 Å². The predicted octanol–water partition coefficient (Wildman–Crippen LogP) is 3.67. The van der Waals surface area contributed by atoms with Gasteiger partial charge in [-0.05, 0) is 43.0 Å². The molecule has 35 heavy (non-hydrogen) atoms. The van der Waals surface area contributed by atoms with Crippen molar-refractivity contribution in [2.45, 2.75) is 56.5 Å². The Morgan fingerprint density at radius 2 is 1.69 bits per heavy atom. The van der Waals surface area contributed by atoms with Crippen molar-refractivity contribution in [3.63, 3.8) is 0 Å². The van der Waals surface area contributed by atoms with Crippen molar-refractivity contribution < 1.29 is 17.9 Å². The maximum atomic E-state index is 13.9. The van der Waals surface area contributed by atoms with Gasteiger partial charge in [0.05, 0.1) is 13.7 Å². The summed E-state index contributed by atoms with van der Waals surface area (Å²) >= 11 is 0. The maximum absolute atomic E-state index is 13.9. The third-order valence-corrected chi connectivity index (χ3v) is 9.07. The molecule has 1 heterocycles. The Morgan fingerprint density at radius 1 is 1.00 bits per heavy atom. The Kier molecular flexibility index (Phi) is 8.46. The number of nitrogens with zero attached hydrogens (tertiary/aromatic N) is 3. The minimum absolute atomic E-state index is 0.120. The Bertz CT molecular complexity index is 1090. The summed E-state index contributed by atoms with van der Waals surface area (Å²) in [5.41, 5.74) is 2.10. The van der Waals surface area contributed by atoms with Crippen LogP contribution in [0.1, 0.15) is 43.2 Å². The van der Waals surface area contributed by atoms with Gasteiger partial charge in [0.25, 0.3) is 0 Å². The molecule has 0 bridgehead atoms. The number of methoxy groups -OCH3 is 1. The number of hydrogen-bond acceptors (Lipinski definition) is 5. The zero-order chi connectivity index (χ0) is 24.8. The molecule has 0 radical (unpaired) electrons. The highest BCUT2D eigenvalue weighted by atomic mass is 32.2. The summed E-state index contributed by atoms with van der Waals surface area (Å²) < 4.78 is 34.7.